The van der Waals surface area contributed by atoms with Crippen molar-refractivity contribution in [2.24, 2.45) is 0 Å². The maximum absolute atomic E-state index is 12.6. The van der Waals surface area contributed by atoms with Gasteiger partial charge in [-0.3, -0.25) is 10.1 Å². The Labute approximate surface area is 150 Å². The van der Waals surface area contributed by atoms with Gasteiger partial charge < -0.3 is 4.98 Å². The van der Waals surface area contributed by atoms with Gasteiger partial charge in [0.1, 0.15) is 0 Å². The van der Waals surface area contributed by atoms with E-state index in [0.717, 1.165) is 46.3 Å². The first-order valence-electron chi connectivity index (χ1n) is 8.73. The molecule has 2 heterocycles. The maximum atomic E-state index is 12.6. The molecule has 0 unspecified atom stereocenters. The van der Waals surface area contributed by atoms with Crippen molar-refractivity contribution in [3.05, 3.63) is 59.4 Å². The fourth-order valence-electron chi connectivity index (χ4n) is 3.03. The topological polar surface area (TPSA) is 83.6 Å². The Morgan fingerprint density at radius 2 is 1.65 bits per heavy atom. The van der Waals surface area contributed by atoms with Gasteiger partial charge >= 0.3 is 0 Å². The van der Waals surface area contributed by atoms with Gasteiger partial charge in [0, 0.05) is 5.56 Å². The molecule has 0 saturated heterocycles. The van der Waals surface area contributed by atoms with Gasteiger partial charge in [0.25, 0.3) is 5.91 Å². The number of imidazole rings is 1. The number of anilines is 1. The predicted octanol–water partition coefficient (Wildman–Crippen LogP) is 3.88. The van der Waals surface area contributed by atoms with Crippen molar-refractivity contribution in [3.63, 3.8) is 0 Å². The standard InChI is InChI=1S/C20H19N5O/c1-3-13-14(4-2)22-18-11-12(9-10-17(18)21-13)19(26)25-20-23-15-7-5-6-8-16(15)24-20/h5-11H,3-4H2,1-2H3,(H2,23,24,25,26). The molecule has 0 aliphatic rings. The van der Waals surface area contributed by atoms with Crippen LogP contribution in [-0.4, -0.2) is 25.8 Å². The van der Waals surface area contributed by atoms with E-state index in [2.05, 4.69) is 39.1 Å². The molecule has 0 fully saturated rings. The van der Waals surface area contributed by atoms with E-state index < -0.39 is 0 Å². The molecule has 26 heavy (non-hydrogen) atoms. The van der Waals surface area contributed by atoms with Crippen molar-refractivity contribution >= 4 is 33.9 Å². The highest BCUT2D eigenvalue weighted by molar-refractivity contribution is 6.05. The minimum Gasteiger partial charge on any atom is -0.324 e. The van der Waals surface area contributed by atoms with Gasteiger partial charge in [-0.1, -0.05) is 26.0 Å². The average Bonchev–Trinajstić information content (AvgIpc) is 3.08. The first-order valence-corrected chi connectivity index (χ1v) is 8.73. The summed E-state index contributed by atoms with van der Waals surface area (Å²) in [5.41, 5.74) is 5.75. The van der Waals surface area contributed by atoms with E-state index >= 15 is 0 Å². The van der Waals surface area contributed by atoms with Crippen molar-refractivity contribution in [2.75, 3.05) is 5.32 Å². The van der Waals surface area contributed by atoms with Crippen molar-refractivity contribution < 1.29 is 4.79 Å². The fourth-order valence-corrected chi connectivity index (χ4v) is 3.03. The van der Waals surface area contributed by atoms with Crippen molar-refractivity contribution in [2.45, 2.75) is 26.7 Å². The third-order valence-corrected chi connectivity index (χ3v) is 4.37. The molecule has 2 N–H and O–H groups in total. The molecule has 0 bridgehead atoms. The maximum Gasteiger partial charge on any atom is 0.258 e. The minimum atomic E-state index is -0.231. The molecule has 1 amide bonds. The number of carbonyl (C=O) groups is 1. The Balaban J connectivity index is 1.65. The number of aryl methyl sites for hydroxylation is 2. The highest BCUT2D eigenvalue weighted by Gasteiger charge is 2.12. The number of hydrogen-bond acceptors (Lipinski definition) is 4. The normalized spacial score (nSPS) is 11.2. The van der Waals surface area contributed by atoms with Crippen LogP contribution in [0.3, 0.4) is 0 Å². The van der Waals surface area contributed by atoms with Gasteiger partial charge in [-0.25, -0.2) is 15.0 Å². The fraction of sp³-hybridized carbons (Fsp3) is 0.200. The lowest BCUT2D eigenvalue weighted by Crippen LogP contribution is -2.13. The van der Waals surface area contributed by atoms with Gasteiger partial charge in [-0.15, -0.1) is 0 Å². The molecular formula is C20H19N5O. The Morgan fingerprint density at radius 3 is 2.38 bits per heavy atom. The third-order valence-electron chi connectivity index (χ3n) is 4.37. The SMILES string of the molecule is CCc1nc2ccc(C(=O)Nc3nc4ccccc4[nH]3)cc2nc1CC. The van der Waals surface area contributed by atoms with Crippen LogP contribution in [0.1, 0.15) is 35.6 Å². The van der Waals surface area contributed by atoms with Crippen molar-refractivity contribution in [1.29, 1.82) is 0 Å². The highest BCUT2D eigenvalue weighted by Crippen LogP contribution is 2.18. The number of amides is 1. The quantitative estimate of drug-likeness (QED) is 0.588. The highest BCUT2D eigenvalue weighted by atomic mass is 16.1. The zero-order valence-electron chi connectivity index (χ0n) is 14.7. The van der Waals surface area contributed by atoms with Crippen LogP contribution in [0.25, 0.3) is 22.1 Å². The zero-order valence-corrected chi connectivity index (χ0v) is 14.7. The molecule has 0 saturated carbocycles. The first-order chi connectivity index (χ1) is 12.7. The number of H-pyrrole nitrogens is 1. The Bertz CT molecular complexity index is 1080. The monoisotopic (exact) mass is 345 g/mol. The van der Waals surface area contributed by atoms with Crippen LogP contribution in [0, 0.1) is 0 Å². The van der Waals surface area contributed by atoms with Crippen molar-refractivity contribution in [3.8, 4) is 0 Å². The van der Waals surface area contributed by atoms with Crippen LogP contribution in [0.15, 0.2) is 42.5 Å². The number of nitrogens with zero attached hydrogens (tertiary/aromatic N) is 3. The number of fused-ring (bicyclic) bond motifs is 2. The van der Waals surface area contributed by atoms with Gasteiger partial charge in [-0.2, -0.15) is 0 Å². The molecule has 0 aliphatic heterocycles. The van der Waals surface area contributed by atoms with E-state index in [0.29, 0.717) is 11.5 Å². The lowest BCUT2D eigenvalue weighted by atomic mass is 10.1. The van der Waals surface area contributed by atoms with E-state index in [1.165, 1.54) is 0 Å². The minimum absolute atomic E-state index is 0.231. The second-order valence-electron chi connectivity index (χ2n) is 6.08. The largest absolute Gasteiger partial charge is 0.324 e. The number of aromatic nitrogens is 4. The Hall–Kier alpha value is -3.28. The average molecular weight is 345 g/mol. The number of para-hydroxylation sites is 2. The number of rotatable bonds is 4. The van der Waals surface area contributed by atoms with Gasteiger partial charge in [-0.05, 0) is 43.2 Å². The molecular weight excluding hydrogens is 326 g/mol. The molecule has 0 radical (unpaired) electrons. The summed E-state index contributed by atoms with van der Waals surface area (Å²) < 4.78 is 0. The predicted molar refractivity (Wildman–Crippen MR) is 102 cm³/mol. The van der Waals surface area contributed by atoms with E-state index in [-0.39, 0.29) is 5.91 Å². The molecule has 0 spiro atoms. The van der Waals surface area contributed by atoms with Crippen molar-refractivity contribution in [1.82, 2.24) is 19.9 Å². The summed E-state index contributed by atoms with van der Waals surface area (Å²) in [4.78, 5) is 29.4. The summed E-state index contributed by atoms with van der Waals surface area (Å²) in [5, 5.41) is 2.81. The molecule has 2 aromatic heterocycles. The molecule has 0 atom stereocenters. The van der Waals surface area contributed by atoms with E-state index in [1.54, 1.807) is 12.1 Å². The summed E-state index contributed by atoms with van der Waals surface area (Å²) in [5.74, 6) is 0.198. The summed E-state index contributed by atoms with van der Waals surface area (Å²) in [6.07, 6.45) is 1.67. The van der Waals surface area contributed by atoms with Gasteiger partial charge in [0.2, 0.25) is 5.95 Å². The van der Waals surface area contributed by atoms with Crippen LogP contribution in [-0.2, 0) is 12.8 Å². The van der Waals surface area contributed by atoms with Crippen LogP contribution in [0.5, 0.6) is 0 Å². The molecule has 6 nitrogen and oxygen atoms in total. The smallest absolute Gasteiger partial charge is 0.258 e. The number of carbonyl (C=O) groups excluding carboxylic acids is 1. The molecule has 6 heteroatoms. The second kappa shape index (κ2) is 6.55. The van der Waals surface area contributed by atoms with E-state index in [1.807, 2.05) is 30.3 Å². The summed E-state index contributed by atoms with van der Waals surface area (Å²) in [6.45, 7) is 4.14. The number of hydrogen-bond donors (Lipinski definition) is 2. The molecule has 4 rings (SSSR count). The second-order valence-corrected chi connectivity index (χ2v) is 6.08. The molecule has 2 aromatic carbocycles. The lowest BCUT2D eigenvalue weighted by molar-refractivity contribution is 0.102. The Morgan fingerprint density at radius 1 is 0.923 bits per heavy atom. The van der Waals surface area contributed by atoms with E-state index in [9.17, 15) is 4.79 Å². The number of nitrogens with one attached hydrogen (secondary N) is 2. The Kier molecular flexibility index (Phi) is 4.08. The van der Waals surface area contributed by atoms with Crippen LogP contribution in [0.4, 0.5) is 5.95 Å². The lowest BCUT2D eigenvalue weighted by Gasteiger charge is -2.08. The van der Waals surface area contributed by atoms with Crippen LogP contribution >= 0.6 is 0 Å². The summed E-state index contributed by atoms with van der Waals surface area (Å²) in [6, 6.07) is 13.0. The molecule has 0 aliphatic carbocycles. The van der Waals surface area contributed by atoms with Gasteiger partial charge in [0.15, 0.2) is 0 Å². The number of aromatic amines is 1. The molecule has 130 valence electrons. The third kappa shape index (κ3) is 2.90. The first kappa shape index (κ1) is 16.2. The summed E-state index contributed by atoms with van der Waals surface area (Å²) >= 11 is 0. The number of benzene rings is 2. The zero-order chi connectivity index (χ0) is 18.1. The van der Waals surface area contributed by atoms with Crippen LogP contribution in [0.2, 0.25) is 0 Å². The van der Waals surface area contributed by atoms with Gasteiger partial charge in [0.05, 0.1) is 33.5 Å². The summed E-state index contributed by atoms with van der Waals surface area (Å²) in [7, 11) is 0. The van der Waals surface area contributed by atoms with E-state index in [4.69, 9.17) is 0 Å². The molecule has 4 aromatic rings. The van der Waals surface area contributed by atoms with Crippen LogP contribution < -0.4 is 5.32 Å².